The van der Waals surface area contributed by atoms with Gasteiger partial charge in [-0.1, -0.05) is 18.2 Å². The zero-order valence-electron chi connectivity index (χ0n) is 15.3. The molecule has 0 N–H and O–H groups in total. The van der Waals surface area contributed by atoms with Gasteiger partial charge in [0, 0.05) is 19.4 Å². The molecule has 2 aromatic rings. The Kier molecular flexibility index (Phi) is 5.40. The molecule has 0 saturated heterocycles. The Hall–Kier alpha value is -3.35. The van der Waals surface area contributed by atoms with Crippen LogP contribution in [0.5, 0.6) is 11.5 Å². The molecule has 2 aromatic carbocycles. The topological polar surface area (TPSA) is 77.4 Å². The Morgan fingerprint density at radius 1 is 1.11 bits per heavy atom. The third-order valence-electron chi connectivity index (χ3n) is 3.88. The van der Waals surface area contributed by atoms with Crippen molar-refractivity contribution in [2.24, 2.45) is 5.10 Å². The summed E-state index contributed by atoms with van der Waals surface area (Å²) in [5, 5.41) is 5.49. The third kappa shape index (κ3) is 4.44. The molecule has 1 unspecified atom stereocenters. The second-order valence-electron chi connectivity index (χ2n) is 6.04. The summed E-state index contributed by atoms with van der Waals surface area (Å²) in [4.78, 5) is 23.0. The molecular weight excluding hydrogens is 348 g/mol. The van der Waals surface area contributed by atoms with Crippen molar-refractivity contribution >= 4 is 17.8 Å². The molecule has 7 heteroatoms. The van der Waals surface area contributed by atoms with Gasteiger partial charge in [0.05, 0.1) is 0 Å². The highest BCUT2D eigenvalue weighted by molar-refractivity contribution is 5.83. The summed E-state index contributed by atoms with van der Waals surface area (Å²) in [7, 11) is 0. The van der Waals surface area contributed by atoms with Gasteiger partial charge in [-0.25, -0.2) is 0 Å². The van der Waals surface area contributed by atoms with Crippen LogP contribution in [0.3, 0.4) is 0 Å². The van der Waals surface area contributed by atoms with Crippen LogP contribution in [-0.2, 0) is 14.3 Å². The minimum Gasteiger partial charge on any atom is -0.484 e. The highest BCUT2D eigenvalue weighted by Gasteiger charge is 2.32. The minimum atomic E-state index is -0.690. The number of carbonyl (C=O) groups excluding carboxylic acids is 2. The van der Waals surface area contributed by atoms with Gasteiger partial charge in [0.15, 0.2) is 6.61 Å². The van der Waals surface area contributed by atoms with Crippen molar-refractivity contribution < 1.29 is 23.8 Å². The molecule has 1 aliphatic rings. The highest BCUT2D eigenvalue weighted by atomic mass is 16.6. The van der Waals surface area contributed by atoms with E-state index in [-0.39, 0.29) is 12.5 Å². The van der Waals surface area contributed by atoms with E-state index in [4.69, 9.17) is 14.2 Å². The summed E-state index contributed by atoms with van der Waals surface area (Å²) in [5.74, 6) is 0.802. The summed E-state index contributed by atoms with van der Waals surface area (Å²) in [6.07, 6.45) is -0.690. The van der Waals surface area contributed by atoms with Crippen LogP contribution in [0.25, 0.3) is 0 Å². The number of nitrogens with zero attached hydrogens (tertiary/aromatic N) is 2. The van der Waals surface area contributed by atoms with E-state index in [0.717, 1.165) is 11.3 Å². The van der Waals surface area contributed by atoms with Crippen LogP contribution < -0.4 is 9.47 Å². The first-order chi connectivity index (χ1) is 12.9. The first kappa shape index (κ1) is 18.4. The molecule has 3 rings (SSSR count). The standard InChI is InChI=1S/C20H20N2O5/c1-13-6-4-5-7-18(13)25-12-19-21-22(14(2)23)20(27-19)16-8-10-17(11-9-16)26-15(3)24/h4-11,20H,12H2,1-3H3. The van der Waals surface area contributed by atoms with E-state index in [2.05, 4.69) is 5.10 Å². The third-order valence-corrected chi connectivity index (χ3v) is 3.88. The monoisotopic (exact) mass is 368 g/mol. The van der Waals surface area contributed by atoms with Gasteiger partial charge in [-0.3, -0.25) is 9.59 Å². The maximum Gasteiger partial charge on any atom is 0.308 e. The second kappa shape index (κ2) is 7.90. The highest BCUT2D eigenvalue weighted by Crippen LogP contribution is 2.30. The molecule has 1 atom stereocenters. The van der Waals surface area contributed by atoms with Gasteiger partial charge < -0.3 is 14.2 Å². The molecule has 0 radical (unpaired) electrons. The van der Waals surface area contributed by atoms with Crippen molar-refractivity contribution in [2.45, 2.75) is 27.0 Å². The SMILES string of the molecule is CC(=O)Oc1ccc(C2OC(COc3ccccc3C)=NN2C(C)=O)cc1. The number of amides is 1. The maximum absolute atomic E-state index is 11.9. The number of carbonyl (C=O) groups is 2. The minimum absolute atomic E-state index is 0.108. The van der Waals surface area contributed by atoms with Crippen LogP contribution in [0.2, 0.25) is 0 Å². The fourth-order valence-electron chi connectivity index (χ4n) is 2.61. The van der Waals surface area contributed by atoms with Crippen molar-refractivity contribution in [3.05, 3.63) is 59.7 Å². The van der Waals surface area contributed by atoms with Gasteiger partial charge in [0.25, 0.3) is 0 Å². The number of hydrogen-bond acceptors (Lipinski definition) is 6. The Morgan fingerprint density at radius 3 is 2.44 bits per heavy atom. The first-order valence-corrected chi connectivity index (χ1v) is 8.45. The quantitative estimate of drug-likeness (QED) is 0.598. The lowest BCUT2D eigenvalue weighted by atomic mass is 10.2. The second-order valence-corrected chi connectivity index (χ2v) is 6.04. The lowest BCUT2D eigenvalue weighted by molar-refractivity contribution is -0.135. The average Bonchev–Trinajstić information content (AvgIpc) is 3.06. The molecule has 1 heterocycles. The van der Waals surface area contributed by atoms with Gasteiger partial charge in [0.1, 0.15) is 11.5 Å². The molecule has 1 amide bonds. The number of ether oxygens (including phenoxy) is 3. The predicted molar refractivity (Wildman–Crippen MR) is 98.2 cm³/mol. The van der Waals surface area contributed by atoms with Crippen LogP contribution in [0, 0.1) is 6.92 Å². The van der Waals surface area contributed by atoms with Crippen LogP contribution in [0.1, 0.15) is 31.2 Å². The average molecular weight is 368 g/mol. The number of hydrazone groups is 1. The van der Waals surface area contributed by atoms with Gasteiger partial charge in [-0.05, 0) is 42.8 Å². The zero-order valence-corrected chi connectivity index (χ0v) is 15.3. The van der Waals surface area contributed by atoms with Gasteiger partial charge in [0.2, 0.25) is 18.0 Å². The predicted octanol–water partition coefficient (Wildman–Crippen LogP) is 3.19. The van der Waals surface area contributed by atoms with Crippen molar-refractivity contribution in [1.82, 2.24) is 5.01 Å². The summed E-state index contributed by atoms with van der Waals surface area (Å²) in [6, 6.07) is 14.3. The van der Waals surface area contributed by atoms with Crippen LogP contribution in [0.4, 0.5) is 0 Å². The molecular formula is C20H20N2O5. The van der Waals surface area contributed by atoms with E-state index in [1.54, 1.807) is 24.3 Å². The van der Waals surface area contributed by atoms with E-state index in [1.807, 2.05) is 31.2 Å². The summed E-state index contributed by atoms with van der Waals surface area (Å²) < 4.78 is 16.6. The first-order valence-electron chi connectivity index (χ1n) is 8.45. The van der Waals surface area contributed by atoms with Crippen LogP contribution in [0.15, 0.2) is 53.6 Å². The van der Waals surface area contributed by atoms with Gasteiger partial charge >= 0.3 is 5.97 Å². The van der Waals surface area contributed by atoms with Crippen molar-refractivity contribution in [3.63, 3.8) is 0 Å². The van der Waals surface area contributed by atoms with E-state index in [9.17, 15) is 9.59 Å². The number of para-hydroxylation sites is 1. The summed E-state index contributed by atoms with van der Waals surface area (Å²) >= 11 is 0. The largest absolute Gasteiger partial charge is 0.484 e. The Morgan fingerprint density at radius 2 is 1.81 bits per heavy atom. The number of aryl methyl sites for hydroxylation is 1. The van der Waals surface area contributed by atoms with E-state index >= 15 is 0 Å². The molecule has 0 saturated carbocycles. The summed E-state index contributed by atoms with van der Waals surface area (Å²) in [5.41, 5.74) is 1.70. The Labute approximate surface area is 157 Å². The van der Waals surface area contributed by atoms with E-state index < -0.39 is 12.2 Å². The Balaban J connectivity index is 1.71. The fourth-order valence-corrected chi connectivity index (χ4v) is 2.61. The molecule has 0 fully saturated rings. The lowest BCUT2D eigenvalue weighted by Gasteiger charge is -2.19. The Bertz CT molecular complexity index is 876. The number of esters is 1. The molecule has 1 aliphatic heterocycles. The van der Waals surface area contributed by atoms with Crippen LogP contribution in [-0.4, -0.2) is 29.4 Å². The molecule has 0 aliphatic carbocycles. The van der Waals surface area contributed by atoms with Crippen molar-refractivity contribution in [1.29, 1.82) is 0 Å². The van der Waals surface area contributed by atoms with Gasteiger partial charge in [-0.2, -0.15) is 5.01 Å². The molecule has 0 spiro atoms. The lowest BCUT2D eigenvalue weighted by Crippen LogP contribution is -2.25. The fraction of sp³-hybridized carbons (Fsp3) is 0.250. The summed E-state index contributed by atoms with van der Waals surface area (Å²) in [6.45, 7) is 4.80. The number of hydrogen-bond donors (Lipinski definition) is 0. The normalized spacial score (nSPS) is 15.7. The van der Waals surface area contributed by atoms with Crippen LogP contribution >= 0.6 is 0 Å². The number of rotatable bonds is 5. The van der Waals surface area contributed by atoms with E-state index in [0.29, 0.717) is 17.2 Å². The molecule has 0 bridgehead atoms. The van der Waals surface area contributed by atoms with Crippen molar-refractivity contribution in [2.75, 3.05) is 6.61 Å². The van der Waals surface area contributed by atoms with Crippen molar-refractivity contribution in [3.8, 4) is 11.5 Å². The molecule has 140 valence electrons. The zero-order chi connectivity index (χ0) is 19.4. The number of benzene rings is 2. The molecule has 0 aromatic heterocycles. The molecule has 27 heavy (non-hydrogen) atoms. The molecule has 7 nitrogen and oxygen atoms in total. The maximum atomic E-state index is 11.9. The van der Waals surface area contributed by atoms with E-state index in [1.165, 1.54) is 18.9 Å². The van der Waals surface area contributed by atoms with Gasteiger partial charge in [-0.15, -0.1) is 5.10 Å². The smallest absolute Gasteiger partial charge is 0.308 e.